The van der Waals surface area contributed by atoms with Crippen LogP contribution in [0.15, 0.2) is 12.1 Å². The molecule has 6 nitrogen and oxygen atoms in total. The highest BCUT2D eigenvalue weighted by molar-refractivity contribution is 6.32. The number of amides is 1. The maximum atomic E-state index is 12.4. The Morgan fingerprint density at radius 3 is 2.62 bits per heavy atom. The smallest absolute Gasteiger partial charge is 0.238 e. The molecule has 24 heavy (non-hydrogen) atoms. The van der Waals surface area contributed by atoms with Crippen molar-refractivity contribution in [3.63, 3.8) is 0 Å². The third-order valence-electron chi connectivity index (χ3n) is 4.51. The maximum absolute atomic E-state index is 12.4. The predicted molar refractivity (Wildman–Crippen MR) is 96.0 cm³/mol. The van der Waals surface area contributed by atoms with Crippen LogP contribution >= 0.6 is 11.6 Å². The summed E-state index contributed by atoms with van der Waals surface area (Å²) in [5.41, 5.74) is 6.68. The molecule has 1 saturated heterocycles. The summed E-state index contributed by atoms with van der Waals surface area (Å²) in [6.07, 6.45) is 0.887. The van der Waals surface area contributed by atoms with Crippen LogP contribution < -0.4 is 20.5 Å². The van der Waals surface area contributed by atoms with Crippen LogP contribution in [0.1, 0.15) is 20.3 Å². The summed E-state index contributed by atoms with van der Waals surface area (Å²) in [4.78, 5) is 14.5. The van der Waals surface area contributed by atoms with E-state index in [9.17, 15) is 4.79 Å². The van der Waals surface area contributed by atoms with Gasteiger partial charge < -0.3 is 20.5 Å². The van der Waals surface area contributed by atoms with Crippen LogP contribution in [-0.4, -0.2) is 50.7 Å². The average molecular weight is 356 g/mol. The van der Waals surface area contributed by atoms with Gasteiger partial charge in [-0.15, -0.1) is 0 Å². The van der Waals surface area contributed by atoms with Gasteiger partial charge in [0.15, 0.2) is 0 Å². The Morgan fingerprint density at radius 1 is 1.38 bits per heavy atom. The Morgan fingerprint density at radius 2 is 2.04 bits per heavy atom. The van der Waals surface area contributed by atoms with Crippen molar-refractivity contribution < 1.29 is 14.3 Å². The topological polar surface area (TPSA) is 76.8 Å². The zero-order chi connectivity index (χ0) is 17.9. The van der Waals surface area contributed by atoms with E-state index < -0.39 is 0 Å². The lowest BCUT2D eigenvalue weighted by Crippen LogP contribution is -2.53. The normalized spacial score (nSPS) is 20.5. The van der Waals surface area contributed by atoms with Crippen LogP contribution in [0.3, 0.4) is 0 Å². The Labute approximate surface area is 148 Å². The molecule has 1 aromatic rings. The lowest BCUT2D eigenvalue weighted by molar-refractivity contribution is -0.118. The van der Waals surface area contributed by atoms with Crippen LogP contribution in [-0.2, 0) is 4.79 Å². The molecule has 2 rings (SSSR count). The van der Waals surface area contributed by atoms with Crippen molar-refractivity contribution >= 4 is 23.2 Å². The monoisotopic (exact) mass is 355 g/mol. The van der Waals surface area contributed by atoms with Crippen molar-refractivity contribution in [2.75, 3.05) is 39.2 Å². The number of halogens is 1. The number of nitrogens with zero attached hydrogens (tertiary/aromatic N) is 1. The Balaban J connectivity index is 2.05. The molecule has 0 bridgehead atoms. The number of hydrogen-bond donors (Lipinski definition) is 2. The first-order valence-electron chi connectivity index (χ1n) is 7.96. The summed E-state index contributed by atoms with van der Waals surface area (Å²) in [5.74, 6) is 0.872. The Kier molecular flexibility index (Phi) is 5.96. The standard InChI is InChI=1S/C17H26ClN3O3/c1-17(2)10-21(6-5-15(17)19)9-16(22)20-12-8-13(23-3)11(18)7-14(12)24-4/h7-8,15H,5-6,9-10,19H2,1-4H3,(H,20,22). The van der Waals surface area contributed by atoms with Crippen LogP contribution in [0.5, 0.6) is 11.5 Å². The maximum Gasteiger partial charge on any atom is 0.238 e. The molecular weight excluding hydrogens is 330 g/mol. The summed E-state index contributed by atoms with van der Waals surface area (Å²) >= 11 is 6.08. The van der Waals surface area contributed by atoms with Crippen molar-refractivity contribution in [3.8, 4) is 11.5 Å². The van der Waals surface area contributed by atoms with Crippen LogP contribution in [0, 0.1) is 5.41 Å². The van der Waals surface area contributed by atoms with Crippen molar-refractivity contribution in [2.24, 2.45) is 11.1 Å². The molecule has 1 amide bonds. The van der Waals surface area contributed by atoms with Crippen LogP contribution in [0.2, 0.25) is 5.02 Å². The van der Waals surface area contributed by atoms with Gasteiger partial charge in [-0.2, -0.15) is 0 Å². The van der Waals surface area contributed by atoms with Gasteiger partial charge in [0, 0.05) is 31.3 Å². The molecule has 1 aliphatic heterocycles. The molecule has 1 fully saturated rings. The van der Waals surface area contributed by atoms with Crippen LogP contribution in [0.4, 0.5) is 5.69 Å². The number of rotatable bonds is 5. The minimum absolute atomic E-state index is 0.000285. The number of carbonyl (C=O) groups excluding carboxylic acids is 1. The summed E-state index contributed by atoms with van der Waals surface area (Å²) in [6, 6.07) is 3.45. The third-order valence-corrected chi connectivity index (χ3v) is 4.80. The molecule has 3 N–H and O–H groups in total. The van der Waals surface area contributed by atoms with Gasteiger partial charge in [0.2, 0.25) is 5.91 Å². The summed E-state index contributed by atoms with van der Waals surface area (Å²) in [7, 11) is 3.06. The molecule has 1 heterocycles. The second-order valence-corrected chi connectivity index (χ2v) is 7.24. The van der Waals surface area contributed by atoms with E-state index in [1.165, 1.54) is 14.2 Å². The molecule has 134 valence electrons. The van der Waals surface area contributed by atoms with Gasteiger partial charge in [-0.05, 0) is 11.8 Å². The second kappa shape index (κ2) is 7.59. The minimum Gasteiger partial charge on any atom is -0.495 e. The average Bonchev–Trinajstić information content (AvgIpc) is 2.51. The first kappa shape index (κ1) is 18.8. The Bertz CT molecular complexity index is 607. The number of hydrogen-bond acceptors (Lipinski definition) is 5. The fourth-order valence-corrected chi connectivity index (χ4v) is 3.20. The molecule has 0 aromatic heterocycles. The van der Waals surface area contributed by atoms with E-state index >= 15 is 0 Å². The first-order chi connectivity index (χ1) is 11.3. The summed E-state index contributed by atoms with van der Waals surface area (Å²) < 4.78 is 10.5. The molecule has 1 unspecified atom stereocenters. The summed E-state index contributed by atoms with van der Waals surface area (Å²) in [6.45, 7) is 6.19. The number of anilines is 1. The quantitative estimate of drug-likeness (QED) is 0.847. The molecule has 1 atom stereocenters. The van der Waals surface area contributed by atoms with E-state index in [4.69, 9.17) is 26.8 Å². The Hall–Kier alpha value is -1.50. The van der Waals surface area contributed by atoms with Crippen LogP contribution in [0.25, 0.3) is 0 Å². The zero-order valence-electron chi connectivity index (χ0n) is 14.7. The van der Waals surface area contributed by atoms with Gasteiger partial charge >= 0.3 is 0 Å². The molecular formula is C17H26ClN3O3. The van der Waals surface area contributed by atoms with Crippen molar-refractivity contribution in [1.82, 2.24) is 4.90 Å². The van der Waals surface area contributed by atoms with E-state index in [2.05, 4.69) is 24.1 Å². The fourth-order valence-electron chi connectivity index (χ4n) is 2.97. The molecule has 0 aliphatic carbocycles. The molecule has 0 saturated carbocycles. The second-order valence-electron chi connectivity index (χ2n) is 6.83. The van der Waals surface area contributed by atoms with E-state index in [-0.39, 0.29) is 17.4 Å². The number of methoxy groups -OCH3 is 2. The van der Waals surface area contributed by atoms with E-state index in [0.29, 0.717) is 28.8 Å². The van der Waals surface area contributed by atoms with Crippen molar-refractivity contribution in [3.05, 3.63) is 17.2 Å². The molecule has 0 spiro atoms. The highest BCUT2D eigenvalue weighted by atomic mass is 35.5. The fraction of sp³-hybridized carbons (Fsp3) is 0.588. The number of likely N-dealkylation sites (tertiary alicyclic amines) is 1. The SMILES string of the molecule is COc1cc(NC(=O)CN2CCC(N)C(C)(C)C2)c(OC)cc1Cl. The van der Waals surface area contributed by atoms with E-state index in [1.54, 1.807) is 12.1 Å². The van der Waals surface area contributed by atoms with Gasteiger partial charge in [-0.25, -0.2) is 0 Å². The lowest BCUT2D eigenvalue weighted by atomic mass is 9.80. The van der Waals surface area contributed by atoms with E-state index in [0.717, 1.165) is 19.5 Å². The van der Waals surface area contributed by atoms with Gasteiger partial charge in [0.25, 0.3) is 0 Å². The van der Waals surface area contributed by atoms with E-state index in [1.807, 2.05) is 0 Å². The molecule has 7 heteroatoms. The minimum atomic E-state index is -0.107. The van der Waals surface area contributed by atoms with Gasteiger partial charge in [-0.1, -0.05) is 25.4 Å². The number of nitrogens with two attached hydrogens (primary N) is 1. The largest absolute Gasteiger partial charge is 0.495 e. The van der Waals surface area contributed by atoms with Crippen molar-refractivity contribution in [2.45, 2.75) is 26.3 Å². The molecule has 1 aliphatic rings. The number of nitrogens with one attached hydrogen (secondary N) is 1. The first-order valence-corrected chi connectivity index (χ1v) is 8.34. The van der Waals surface area contributed by atoms with Gasteiger partial charge in [0.1, 0.15) is 11.5 Å². The summed E-state index contributed by atoms with van der Waals surface area (Å²) in [5, 5.41) is 3.30. The molecule has 1 aromatic carbocycles. The zero-order valence-corrected chi connectivity index (χ0v) is 15.4. The highest BCUT2D eigenvalue weighted by Crippen LogP contribution is 2.36. The number of carbonyl (C=O) groups is 1. The third kappa shape index (κ3) is 4.32. The van der Waals surface area contributed by atoms with Gasteiger partial charge in [-0.3, -0.25) is 9.69 Å². The van der Waals surface area contributed by atoms with Crippen molar-refractivity contribution in [1.29, 1.82) is 0 Å². The highest BCUT2D eigenvalue weighted by Gasteiger charge is 2.33. The van der Waals surface area contributed by atoms with Gasteiger partial charge in [0.05, 0.1) is 31.5 Å². The number of benzene rings is 1. The molecule has 0 radical (unpaired) electrons. The number of piperidine rings is 1. The lowest BCUT2D eigenvalue weighted by Gasteiger charge is -2.42. The number of ether oxygens (including phenoxy) is 2. The predicted octanol–water partition coefficient (Wildman–Crippen LogP) is 2.35.